The van der Waals surface area contributed by atoms with E-state index in [9.17, 15) is 14.9 Å². The van der Waals surface area contributed by atoms with Gasteiger partial charge in [-0.05, 0) is 24.3 Å². The van der Waals surface area contributed by atoms with Gasteiger partial charge in [-0.25, -0.2) is 4.98 Å². The van der Waals surface area contributed by atoms with Gasteiger partial charge in [-0.1, -0.05) is 11.6 Å². The number of halogens is 1. The Balaban J connectivity index is 1.51. The first-order valence-electron chi connectivity index (χ1n) is 7.28. The number of imidazole rings is 1. The number of pyridine rings is 1. The smallest absolute Gasteiger partial charge is 0.269 e. The number of non-ortho nitro benzene ring substituents is 1. The average molecular weight is 361 g/mol. The van der Waals surface area contributed by atoms with Gasteiger partial charge < -0.3 is 14.5 Å². The lowest BCUT2D eigenvalue weighted by Crippen LogP contribution is -2.28. The molecule has 0 aliphatic carbocycles. The monoisotopic (exact) mass is 360 g/mol. The van der Waals surface area contributed by atoms with Crippen LogP contribution in [0.3, 0.4) is 0 Å². The van der Waals surface area contributed by atoms with Gasteiger partial charge in [0.2, 0.25) is 0 Å². The number of fused-ring (bicyclic) bond motifs is 1. The van der Waals surface area contributed by atoms with Gasteiger partial charge in [0.15, 0.2) is 6.61 Å². The normalized spacial score (nSPS) is 10.6. The molecule has 0 spiro atoms. The van der Waals surface area contributed by atoms with E-state index < -0.39 is 4.92 Å². The van der Waals surface area contributed by atoms with Crippen molar-refractivity contribution < 1.29 is 14.5 Å². The topological polar surface area (TPSA) is 98.8 Å². The molecule has 0 saturated heterocycles. The number of ether oxygens (including phenoxy) is 1. The summed E-state index contributed by atoms with van der Waals surface area (Å²) in [4.78, 5) is 26.3. The van der Waals surface area contributed by atoms with Crippen molar-refractivity contribution in [3.8, 4) is 5.75 Å². The highest BCUT2D eigenvalue weighted by molar-refractivity contribution is 6.30. The van der Waals surface area contributed by atoms with E-state index in [2.05, 4.69) is 10.3 Å². The Kier molecular flexibility index (Phi) is 4.80. The van der Waals surface area contributed by atoms with Gasteiger partial charge in [-0.15, -0.1) is 0 Å². The molecule has 1 aromatic carbocycles. The lowest BCUT2D eigenvalue weighted by molar-refractivity contribution is -0.384. The van der Waals surface area contributed by atoms with Crippen molar-refractivity contribution >= 4 is 28.8 Å². The third-order valence-corrected chi connectivity index (χ3v) is 3.57. The first-order valence-corrected chi connectivity index (χ1v) is 7.66. The fraction of sp³-hybridized carbons (Fsp3) is 0.125. The number of hydrogen-bond acceptors (Lipinski definition) is 5. The van der Waals surface area contributed by atoms with E-state index in [4.69, 9.17) is 16.3 Å². The SMILES string of the molecule is O=C(COc1ccc([N+](=O)[O-])cc1)NCc1cn2cc(Cl)ccc2n1. The summed E-state index contributed by atoms with van der Waals surface area (Å²) in [6.07, 6.45) is 3.51. The van der Waals surface area contributed by atoms with E-state index in [1.165, 1.54) is 24.3 Å². The van der Waals surface area contributed by atoms with Crippen LogP contribution in [0.1, 0.15) is 5.69 Å². The predicted molar refractivity (Wildman–Crippen MR) is 90.6 cm³/mol. The highest BCUT2D eigenvalue weighted by Gasteiger charge is 2.08. The van der Waals surface area contributed by atoms with Crippen LogP contribution in [-0.4, -0.2) is 26.8 Å². The van der Waals surface area contributed by atoms with E-state index in [0.717, 1.165) is 5.65 Å². The highest BCUT2D eigenvalue weighted by atomic mass is 35.5. The number of rotatable bonds is 6. The summed E-state index contributed by atoms with van der Waals surface area (Å²) >= 11 is 5.91. The standard InChI is InChI=1S/C16H13ClN4O4/c17-11-1-6-15-19-12(9-20(15)8-11)7-18-16(22)10-25-14-4-2-13(3-5-14)21(23)24/h1-6,8-9H,7,10H2,(H,18,22). The van der Waals surface area contributed by atoms with E-state index >= 15 is 0 Å². The van der Waals surface area contributed by atoms with Crippen molar-refractivity contribution in [1.82, 2.24) is 14.7 Å². The molecular weight excluding hydrogens is 348 g/mol. The molecule has 25 heavy (non-hydrogen) atoms. The van der Waals surface area contributed by atoms with E-state index in [1.807, 2.05) is 0 Å². The van der Waals surface area contributed by atoms with Gasteiger partial charge in [0.1, 0.15) is 11.4 Å². The molecule has 0 unspecified atom stereocenters. The molecule has 0 atom stereocenters. The Hall–Kier alpha value is -3.13. The van der Waals surface area contributed by atoms with Gasteiger partial charge in [0.25, 0.3) is 11.6 Å². The van der Waals surface area contributed by atoms with Crippen LogP contribution in [0.2, 0.25) is 5.02 Å². The molecule has 1 amide bonds. The zero-order valence-corrected chi connectivity index (χ0v) is 13.6. The Morgan fingerprint density at radius 1 is 1.24 bits per heavy atom. The van der Waals surface area contributed by atoms with Crippen LogP contribution in [0.4, 0.5) is 5.69 Å². The first-order chi connectivity index (χ1) is 12.0. The van der Waals surface area contributed by atoms with Crippen LogP contribution in [0.25, 0.3) is 5.65 Å². The fourth-order valence-electron chi connectivity index (χ4n) is 2.16. The number of nitro benzene ring substituents is 1. The molecule has 0 aliphatic heterocycles. The van der Waals surface area contributed by atoms with Crippen LogP contribution in [-0.2, 0) is 11.3 Å². The Morgan fingerprint density at radius 2 is 2.00 bits per heavy atom. The maximum absolute atomic E-state index is 11.8. The van der Waals surface area contributed by atoms with Crippen molar-refractivity contribution in [3.05, 3.63) is 69.6 Å². The second kappa shape index (κ2) is 7.18. The summed E-state index contributed by atoms with van der Waals surface area (Å²) in [6, 6.07) is 9.04. The summed E-state index contributed by atoms with van der Waals surface area (Å²) in [5, 5.41) is 13.9. The van der Waals surface area contributed by atoms with E-state index in [1.54, 1.807) is 28.9 Å². The second-order valence-electron chi connectivity index (χ2n) is 5.16. The van der Waals surface area contributed by atoms with Crippen LogP contribution >= 0.6 is 11.6 Å². The molecule has 0 saturated carbocycles. The first kappa shape index (κ1) is 16.7. The number of nitrogens with zero attached hydrogens (tertiary/aromatic N) is 3. The average Bonchev–Trinajstić information content (AvgIpc) is 3.00. The van der Waals surface area contributed by atoms with Crippen molar-refractivity contribution in [3.63, 3.8) is 0 Å². The van der Waals surface area contributed by atoms with Crippen molar-refractivity contribution in [1.29, 1.82) is 0 Å². The van der Waals surface area contributed by atoms with Crippen LogP contribution < -0.4 is 10.1 Å². The lowest BCUT2D eigenvalue weighted by Gasteiger charge is -2.06. The largest absolute Gasteiger partial charge is 0.484 e. The Bertz CT molecular complexity index is 924. The minimum atomic E-state index is -0.501. The summed E-state index contributed by atoms with van der Waals surface area (Å²) in [5.74, 6) is 0.0524. The summed E-state index contributed by atoms with van der Waals surface area (Å²) in [6.45, 7) is 0.0543. The third-order valence-electron chi connectivity index (χ3n) is 3.35. The van der Waals surface area contributed by atoms with Crippen LogP contribution in [0.15, 0.2) is 48.8 Å². The quantitative estimate of drug-likeness (QED) is 0.538. The second-order valence-corrected chi connectivity index (χ2v) is 5.60. The lowest BCUT2D eigenvalue weighted by atomic mass is 10.3. The molecule has 0 aliphatic rings. The van der Waals surface area contributed by atoms with Gasteiger partial charge >= 0.3 is 0 Å². The number of amides is 1. The Morgan fingerprint density at radius 3 is 2.72 bits per heavy atom. The van der Waals surface area contributed by atoms with Crippen LogP contribution in [0, 0.1) is 10.1 Å². The van der Waals surface area contributed by atoms with Gasteiger partial charge in [0, 0.05) is 24.5 Å². The summed E-state index contributed by atoms with van der Waals surface area (Å²) in [7, 11) is 0. The molecule has 0 fully saturated rings. The summed E-state index contributed by atoms with van der Waals surface area (Å²) < 4.78 is 7.06. The number of hydrogen-bond donors (Lipinski definition) is 1. The third kappa shape index (κ3) is 4.24. The molecular formula is C16H13ClN4O4. The van der Waals surface area contributed by atoms with E-state index in [-0.39, 0.29) is 24.7 Å². The highest BCUT2D eigenvalue weighted by Crippen LogP contribution is 2.17. The maximum atomic E-state index is 11.8. The van der Waals surface area contributed by atoms with Crippen LogP contribution in [0.5, 0.6) is 5.75 Å². The zero-order valence-electron chi connectivity index (χ0n) is 12.9. The number of nitro groups is 1. The summed E-state index contributed by atoms with van der Waals surface area (Å²) in [5.41, 5.74) is 1.38. The number of nitrogens with one attached hydrogen (secondary N) is 1. The molecule has 1 N–H and O–H groups in total. The molecule has 3 rings (SSSR count). The van der Waals surface area contributed by atoms with E-state index in [0.29, 0.717) is 16.5 Å². The van der Waals surface area contributed by atoms with Gasteiger partial charge in [-0.3, -0.25) is 14.9 Å². The molecule has 0 radical (unpaired) electrons. The van der Waals surface area contributed by atoms with Crippen molar-refractivity contribution in [2.24, 2.45) is 0 Å². The number of carbonyl (C=O) groups excluding carboxylic acids is 1. The van der Waals surface area contributed by atoms with Crippen molar-refractivity contribution in [2.45, 2.75) is 6.54 Å². The van der Waals surface area contributed by atoms with Gasteiger partial charge in [0.05, 0.1) is 22.2 Å². The zero-order chi connectivity index (χ0) is 17.8. The molecule has 2 aromatic heterocycles. The minimum Gasteiger partial charge on any atom is -0.484 e. The molecule has 0 bridgehead atoms. The number of carbonyl (C=O) groups is 1. The molecule has 2 heterocycles. The number of benzene rings is 1. The fourth-order valence-corrected chi connectivity index (χ4v) is 2.32. The molecule has 128 valence electrons. The molecule has 3 aromatic rings. The Labute approximate surface area is 147 Å². The predicted octanol–water partition coefficient (Wildman–Crippen LogP) is 2.59. The maximum Gasteiger partial charge on any atom is 0.269 e. The molecule has 9 heteroatoms. The molecule has 8 nitrogen and oxygen atoms in total. The number of aromatic nitrogens is 2. The van der Waals surface area contributed by atoms with Gasteiger partial charge in [-0.2, -0.15) is 0 Å². The minimum absolute atomic E-state index is 0.0382. The van der Waals surface area contributed by atoms with Crippen molar-refractivity contribution in [2.75, 3.05) is 6.61 Å².